The summed E-state index contributed by atoms with van der Waals surface area (Å²) in [6, 6.07) is 7.10. The summed E-state index contributed by atoms with van der Waals surface area (Å²) in [4.78, 5) is 12.4. The maximum atomic E-state index is 12.2. The van der Waals surface area contributed by atoms with E-state index in [-0.39, 0.29) is 16.8 Å². The molecule has 0 saturated carbocycles. The van der Waals surface area contributed by atoms with Gasteiger partial charge >= 0.3 is 0 Å². The van der Waals surface area contributed by atoms with E-state index in [0.717, 1.165) is 0 Å². The number of aryl methyl sites for hydroxylation is 1. The van der Waals surface area contributed by atoms with Crippen molar-refractivity contribution in [1.29, 1.82) is 0 Å². The van der Waals surface area contributed by atoms with Gasteiger partial charge in [0.2, 0.25) is 15.9 Å². The quantitative estimate of drug-likeness (QED) is 0.690. The van der Waals surface area contributed by atoms with Crippen LogP contribution in [0.3, 0.4) is 0 Å². The molecule has 1 aromatic heterocycles. The van der Waals surface area contributed by atoms with Crippen LogP contribution in [0.4, 0.5) is 11.5 Å². The van der Waals surface area contributed by atoms with Crippen molar-refractivity contribution in [2.45, 2.75) is 37.8 Å². The number of sulfonamides is 1. The van der Waals surface area contributed by atoms with E-state index in [2.05, 4.69) is 20.5 Å². The average molecular weight is 365 g/mol. The van der Waals surface area contributed by atoms with Crippen molar-refractivity contribution in [1.82, 2.24) is 14.5 Å². The van der Waals surface area contributed by atoms with Gasteiger partial charge in [-0.15, -0.1) is 0 Å². The van der Waals surface area contributed by atoms with Gasteiger partial charge in [0, 0.05) is 31.0 Å². The standard InChI is InChI=1S/C16H23N5O3S/c1-11(2)20-25(23,24)14-7-5-13(6-8-14)18-16(22)12(3)17-15-9-10-21(4)19-15/h5-12,20H,1-4H3,(H,17,19)(H,18,22). The van der Waals surface area contributed by atoms with Crippen LogP contribution in [0, 0.1) is 0 Å². The zero-order valence-corrected chi connectivity index (χ0v) is 15.5. The maximum Gasteiger partial charge on any atom is 0.246 e. The predicted octanol–water partition coefficient (Wildman–Crippen LogP) is 1.55. The van der Waals surface area contributed by atoms with E-state index < -0.39 is 16.1 Å². The van der Waals surface area contributed by atoms with Gasteiger partial charge in [0.1, 0.15) is 11.9 Å². The van der Waals surface area contributed by atoms with Gasteiger partial charge in [-0.25, -0.2) is 13.1 Å². The van der Waals surface area contributed by atoms with Crippen LogP contribution in [-0.2, 0) is 21.9 Å². The van der Waals surface area contributed by atoms with Crippen molar-refractivity contribution in [2.24, 2.45) is 7.05 Å². The first kappa shape index (κ1) is 18.9. The second-order valence-electron chi connectivity index (χ2n) is 6.03. The van der Waals surface area contributed by atoms with Gasteiger partial charge < -0.3 is 10.6 Å². The number of anilines is 2. The number of nitrogens with one attached hydrogen (secondary N) is 3. The third-order valence-electron chi connectivity index (χ3n) is 3.29. The van der Waals surface area contributed by atoms with Crippen LogP contribution in [0.1, 0.15) is 20.8 Å². The van der Waals surface area contributed by atoms with Crippen molar-refractivity contribution in [3.05, 3.63) is 36.5 Å². The minimum Gasteiger partial charge on any atom is -0.357 e. The zero-order valence-electron chi connectivity index (χ0n) is 14.6. The Hall–Kier alpha value is -2.39. The fourth-order valence-electron chi connectivity index (χ4n) is 2.13. The fraction of sp³-hybridized carbons (Fsp3) is 0.375. The van der Waals surface area contributed by atoms with Gasteiger partial charge in [-0.05, 0) is 45.0 Å². The summed E-state index contributed by atoms with van der Waals surface area (Å²) in [7, 11) is -1.75. The molecule has 1 amide bonds. The van der Waals surface area contributed by atoms with Crippen molar-refractivity contribution in [3.8, 4) is 0 Å². The minimum atomic E-state index is -3.55. The van der Waals surface area contributed by atoms with E-state index >= 15 is 0 Å². The lowest BCUT2D eigenvalue weighted by molar-refractivity contribution is -0.116. The topological polar surface area (TPSA) is 105 Å². The highest BCUT2D eigenvalue weighted by Gasteiger charge is 2.17. The van der Waals surface area contributed by atoms with Crippen LogP contribution in [-0.4, -0.2) is 36.2 Å². The Balaban J connectivity index is 1.99. The van der Waals surface area contributed by atoms with Gasteiger partial charge in [-0.2, -0.15) is 5.10 Å². The number of carbonyl (C=O) groups excluding carboxylic acids is 1. The largest absolute Gasteiger partial charge is 0.357 e. The Labute approximate surface area is 147 Å². The molecule has 0 spiro atoms. The third-order valence-corrected chi connectivity index (χ3v) is 4.97. The molecule has 1 heterocycles. The Morgan fingerprint density at radius 1 is 1.12 bits per heavy atom. The molecular formula is C16H23N5O3S. The lowest BCUT2D eigenvalue weighted by Gasteiger charge is -2.14. The maximum absolute atomic E-state index is 12.2. The number of hydrogen-bond donors (Lipinski definition) is 3. The number of rotatable bonds is 7. The summed E-state index contributed by atoms with van der Waals surface area (Å²) < 4.78 is 28.3. The van der Waals surface area contributed by atoms with E-state index in [4.69, 9.17) is 0 Å². The smallest absolute Gasteiger partial charge is 0.246 e. The molecule has 0 bridgehead atoms. The molecule has 0 radical (unpaired) electrons. The van der Waals surface area contributed by atoms with E-state index in [9.17, 15) is 13.2 Å². The molecule has 1 aromatic carbocycles. The van der Waals surface area contributed by atoms with Gasteiger partial charge in [0.25, 0.3) is 0 Å². The van der Waals surface area contributed by atoms with Crippen molar-refractivity contribution in [3.63, 3.8) is 0 Å². The lowest BCUT2D eigenvalue weighted by Crippen LogP contribution is -2.32. The van der Waals surface area contributed by atoms with Crippen LogP contribution in [0.25, 0.3) is 0 Å². The molecule has 1 unspecified atom stereocenters. The third kappa shape index (κ3) is 5.30. The highest BCUT2D eigenvalue weighted by atomic mass is 32.2. The second-order valence-corrected chi connectivity index (χ2v) is 7.74. The number of benzene rings is 1. The monoisotopic (exact) mass is 365 g/mol. The summed E-state index contributed by atoms with van der Waals surface area (Å²) in [6.07, 6.45) is 1.78. The molecule has 0 aliphatic rings. The molecule has 136 valence electrons. The molecule has 25 heavy (non-hydrogen) atoms. The van der Waals surface area contributed by atoms with E-state index in [1.54, 1.807) is 56.9 Å². The van der Waals surface area contributed by atoms with Gasteiger partial charge in [-0.3, -0.25) is 9.48 Å². The molecule has 0 saturated heterocycles. The van der Waals surface area contributed by atoms with E-state index in [0.29, 0.717) is 11.5 Å². The summed E-state index contributed by atoms with van der Waals surface area (Å²) in [5.41, 5.74) is 0.517. The van der Waals surface area contributed by atoms with Crippen LogP contribution in [0.15, 0.2) is 41.4 Å². The summed E-state index contributed by atoms with van der Waals surface area (Å²) in [5.74, 6) is 0.355. The summed E-state index contributed by atoms with van der Waals surface area (Å²) in [6.45, 7) is 5.22. The van der Waals surface area contributed by atoms with Gasteiger partial charge in [0.05, 0.1) is 4.90 Å². The molecule has 1 atom stereocenters. The molecule has 8 nitrogen and oxygen atoms in total. The minimum absolute atomic E-state index is 0.152. The normalized spacial score (nSPS) is 12.8. The summed E-state index contributed by atoms with van der Waals surface area (Å²) >= 11 is 0. The highest BCUT2D eigenvalue weighted by molar-refractivity contribution is 7.89. The van der Waals surface area contributed by atoms with Crippen LogP contribution in [0.5, 0.6) is 0 Å². The van der Waals surface area contributed by atoms with Gasteiger partial charge in [-0.1, -0.05) is 0 Å². The summed E-state index contributed by atoms with van der Waals surface area (Å²) in [5, 5.41) is 9.88. The first-order chi connectivity index (χ1) is 11.7. The highest BCUT2D eigenvalue weighted by Crippen LogP contribution is 2.15. The predicted molar refractivity (Wildman–Crippen MR) is 96.8 cm³/mol. The fourth-order valence-corrected chi connectivity index (χ4v) is 3.38. The van der Waals surface area contributed by atoms with Crippen LogP contribution < -0.4 is 15.4 Å². The van der Waals surface area contributed by atoms with Gasteiger partial charge in [0.15, 0.2) is 0 Å². The number of hydrogen-bond acceptors (Lipinski definition) is 5. The molecule has 0 fully saturated rings. The molecule has 9 heteroatoms. The number of amides is 1. The van der Waals surface area contributed by atoms with Crippen LogP contribution in [0.2, 0.25) is 0 Å². The first-order valence-electron chi connectivity index (χ1n) is 7.87. The molecule has 0 aliphatic heterocycles. The van der Waals surface area contributed by atoms with Crippen molar-refractivity contribution >= 4 is 27.4 Å². The first-order valence-corrected chi connectivity index (χ1v) is 9.35. The number of carbonyl (C=O) groups is 1. The Morgan fingerprint density at radius 3 is 2.28 bits per heavy atom. The SMILES string of the molecule is CC(C)NS(=O)(=O)c1ccc(NC(=O)C(C)Nc2ccn(C)n2)cc1. The molecule has 2 aromatic rings. The Bertz CT molecular complexity index is 828. The number of aromatic nitrogens is 2. The van der Waals surface area contributed by atoms with Crippen molar-refractivity contribution < 1.29 is 13.2 Å². The molecule has 0 aliphatic carbocycles. The molecule has 2 rings (SSSR count). The Morgan fingerprint density at radius 2 is 1.76 bits per heavy atom. The van der Waals surface area contributed by atoms with E-state index in [1.165, 1.54) is 12.1 Å². The van der Waals surface area contributed by atoms with Crippen LogP contribution >= 0.6 is 0 Å². The average Bonchev–Trinajstić information content (AvgIpc) is 2.91. The second kappa shape index (κ2) is 7.66. The van der Waals surface area contributed by atoms with Crippen molar-refractivity contribution in [2.75, 3.05) is 10.6 Å². The van der Waals surface area contributed by atoms with E-state index in [1.807, 2.05) is 0 Å². The Kier molecular flexibility index (Phi) is 5.81. The molecule has 3 N–H and O–H groups in total. The zero-order chi connectivity index (χ0) is 18.6. The molecular weight excluding hydrogens is 342 g/mol. The lowest BCUT2D eigenvalue weighted by atomic mass is 10.2. The number of nitrogens with zero attached hydrogens (tertiary/aromatic N) is 2.